The third-order valence-corrected chi connectivity index (χ3v) is 3.26. The SMILES string of the molecule is O=CC1CCNC(c2c(F)cc([N+](=O)[O-])cc2F)C1. The van der Waals surface area contributed by atoms with Gasteiger partial charge in [-0.2, -0.15) is 0 Å². The van der Waals surface area contributed by atoms with Crippen molar-refractivity contribution < 1.29 is 18.5 Å². The molecule has 0 radical (unpaired) electrons. The van der Waals surface area contributed by atoms with Crippen molar-refractivity contribution in [3.8, 4) is 0 Å². The molecule has 2 rings (SSSR count). The van der Waals surface area contributed by atoms with Crippen molar-refractivity contribution in [3.05, 3.63) is 39.4 Å². The smallest absolute Gasteiger partial charge is 0.275 e. The van der Waals surface area contributed by atoms with Gasteiger partial charge in [0.15, 0.2) is 0 Å². The highest BCUT2D eigenvalue weighted by molar-refractivity contribution is 5.54. The van der Waals surface area contributed by atoms with Gasteiger partial charge in [0, 0.05) is 17.5 Å². The molecule has 102 valence electrons. The Morgan fingerprint density at radius 3 is 2.53 bits per heavy atom. The molecule has 1 N–H and O–H groups in total. The van der Waals surface area contributed by atoms with E-state index in [1.165, 1.54) is 0 Å². The third-order valence-electron chi connectivity index (χ3n) is 3.26. The van der Waals surface area contributed by atoms with Gasteiger partial charge in [-0.05, 0) is 19.4 Å². The van der Waals surface area contributed by atoms with Gasteiger partial charge in [-0.3, -0.25) is 10.1 Å². The Morgan fingerprint density at radius 1 is 1.37 bits per heavy atom. The standard InChI is InChI=1S/C12H12F2N2O3/c13-9-4-8(16(18)19)5-10(14)12(9)11-3-7(6-17)1-2-15-11/h4-7,11,15H,1-3H2. The van der Waals surface area contributed by atoms with Crippen LogP contribution in [0.4, 0.5) is 14.5 Å². The highest BCUT2D eigenvalue weighted by Gasteiger charge is 2.28. The van der Waals surface area contributed by atoms with Crippen molar-refractivity contribution in [1.29, 1.82) is 0 Å². The van der Waals surface area contributed by atoms with Crippen LogP contribution in [0.25, 0.3) is 0 Å². The zero-order valence-corrected chi connectivity index (χ0v) is 9.94. The van der Waals surface area contributed by atoms with Gasteiger partial charge in [-0.15, -0.1) is 0 Å². The topological polar surface area (TPSA) is 72.2 Å². The molecule has 0 bridgehead atoms. The van der Waals surface area contributed by atoms with Crippen molar-refractivity contribution in [1.82, 2.24) is 5.32 Å². The number of hydrogen-bond donors (Lipinski definition) is 1. The van der Waals surface area contributed by atoms with Crippen molar-refractivity contribution in [2.75, 3.05) is 6.54 Å². The van der Waals surface area contributed by atoms with Crippen molar-refractivity contribution >= 4 is 12.0 Å². The van der Waals surface area contributed by atoms with E-state index in [1.54, 1.807) is 0 Å². The minimum Gasteiger partial charge on any atom is -0.310 e. The molecule has 1 aromatic carbocycles. The van der Waals surface area contributed by atoms with Crippen LogP contribution in [0.5, 0.6) is 0 Å². The second kappa shape index (κ2) is 5.40. The lowest BCUT2D eigenvalue weighted by molar-refractivity contribution is -0.385. The second-order valence-electron chi connectivity index (χ2n) is 4.51. The second-order valence-corrected chi connectivity index (χ2v) is 4.51. The predicted octanol–water partition coefficient (Wildman–Crippen LogP) is 2.11. The Labute approximate surface area is 107 Å². The number of nitro benzene ring substituents is 1. The summed E-state index contributed by atoms with van der Waals surface area (Å²) in [4.78, 5) is 20.4. The van der Waals surface area contributed by atoms with Gasteiger partial charge in [0.1, 0.15) is 17.9 Å². The molecule has 1 aromatic rings. The number of hydrogen-bond acceptors (Lipinski definition) is 4. The number of nitrogens with zero attached hydrogens (tertiary/aromatic N) is 1. The maximum Gasteiger partial charge on any atom is 0.275 e. The molecule has 0 spiro atoms. The summed E-state index contributed by atoms with van der Waals surface area (Å²) in [6, 6.07) is 0.764. The van der Waals surface area contributed by atoms with Gasteiger partial charge in [-0.25, -0.2) is 8.78 Å². The van der Waals surface area contributed by atoms with E-state index in [1.807, 2.05) is 0 Å². The normalized spacial score (nSPS) is 23.1. The summed E-state index contributed by atoms with van der Waals surface area (Å²) in [5.74, 6) is -2.17. The summed E-state index contributed by atoms with van der Waals surface area (Å²) in [6.07, 6.45) is 1.68. The Kier molecular flexibility index (Phi) is 3.84. The number of carbonyl (C=O) groups excluding carboxylic acids is 1. The fourth-order valence-corrected chi connectivity index (χ4v) is 2.30. The molecule has 2 unspecified atom stereocenters. The first kappa shape index (κ1) is 13.5. The number of carbonyl (C=O) groups is 1. The zero-order chi connectivity index (χ0) is 14.0. The Bertz CT molecular complexity index is 499. The minimum atomic E-state index is -0.962. The van der Waals surface area contributed by atoms with Gasteiger partial charge >= 0.3 is 0 Å². The number of aldehydes is 1. The molecule has 1 heterocycles. The molecule has 19 heavy (non-hydrogen) atoms. The molecule has 1 aliphatic rings. The monoisotopic (exact) mass is 270 g/mol. The van der Waals surface area contributed by atoms with Crippen LogP contribution < -0.4 is 5.32 Å². The first-order valence-electron chi connectivity index (χ1n) is 5.85. The minimum absolute atomic E-state index is 0.239. The summed E-state index contributed by atoms with van der Waals surface area (Å²) < 4.78 is 27.6. The van der Waals surface area contributed by atoms with Gasteiger partial charge in [0.25, 0.3) is 5.69 Å². The third kappa shape index (κ3) is 2.76. The number of nitrogens with one attached hydrogen (secondary N) is 1. The molecule has 7 heteroatoms. The number of nitro groups is 1. The molecule has 1 fully saturated rings. The summed E-state index contributed by atoms with van der Waals surface area (Å²) in [5.41, 5.74) is -0.862. The first-order chi connectivity index (χ1) is 9.02. The van der Waals surface area contributed by atoms with Crippen LogP contribution in [0.1, 0.15) is 24.4 Å². The maximum absolute atomic E-state index is 13.8. The molecule has 2 atom stereocenters. The molecular weight excluding hydrogens is 258 g/mol. The molecular formula is C12H12F2N2O3. The molecule has 0 aliphatic carbocycles. The number of benzene rings is 1. The highest BCUT2D eigenvalue weighted by Crippen LogP contribution is 2.31. The van der Waals surface area contributed by atoms with E-state index in [4.69, 9.17) is 0 Å². The fraction of sp³-hybridized carbons (Fsp3) is 0.417. The van der Waals surface area contributed by atoms with Crippen LogP contribution in [0.15, 0.2) is 12.1 Å². The quantitative estimate of drug-likeness (QED) is 0.518. The molecule has 0 aromatic heterocycles. The van der Waals surface area contributed by atoms with Crippen LogP contribution in [-0.4, -0.2) is 17.8 Å². The largest absolute Gasteiger partial charge is 0.310 e. The average Bonchev–Trinajstić information content (AvgIpc) is 2.38. The van der Waals surface area contributed by atoms with Crippen molar-refractivity contribution in [2.45, 2.75) is 18.9 Å². The van der Waals surface area contributed by atoms with Crippen molar-refractivity contribution in [3.63, 3.8) is 0 Å². The molecule has 1 aliphatic heterocycles. The number of piperidine rings is 1. The maximum atomic E-state index is 13.8. The number of rotatable bonds is 3. The lowest BCUT2D eigenvalue weighted by atomic mass is 9.89. The average molecular weight is 270 g/mol. The van der Waals surface area contributed by atoms with Gasteiger partial charge < -0.3 is 10.1 Å². The van der Waals surface area contributed by atoms with Crippen LogP contribution in [0, 0.1) is 27.7 Å². The Hall–Kier alpha value is -1.89. The van der Waals surface area contributed by atoms with Crippen molar-refractivity contribution in [2.24, 2.45) is 5.92 Å². The van der Waals surface area contributed by atoms with Gasteiger partial charge in [0.05, 0.1) is 17.1 Å². The van der Waals surface area contributed by atoms with E-state index in [0.717, 1.165) is 6.29 Å². The predicted molar refractivity (Wildman–Crippen MR) is 62.5 cm³/mol. The van der Waals surface area contributed by atoms with Crippen LogP contribution in [-0.2, 0) is 4.79 Å². The van der Waals surface area contributed by atoms with Crippen LogP contribution in [0.2, 0.25) is 0 Å². The van der Waals surface area contributed by atoms with E-state index in [0.29, 0.717) is 25.1 Å². The van der Waals surface area contributed by atoms with Crippen LogP contribution >= 0.6 is 0 Å². The zero-order valence-electron chi connectivity index (χ0n) is 9.94. The summed E-state index contributed by atoms with van der Waals surface area (Å²) in [5, 5.41) is 13.4. The summed E-state index contributed by atoms with van der Waals surface area (Å²) in [7, 11) is 0. The summed E-state index contributed by atoms with van der Waals surface area (Å²) in [6.45, 7) is 0.476. The van der Waals surface area contributed by atoms with Crippen LogP contribution in [0.3, 0.4) is 0 Å². The Balaban J connectivity index is 2.34. The number of halogens is 2. The number of non-ortho nitro benzene ring substituents is 1. The van der Waals surface area contributed by atoms with Gasteiger partial charge in [0.2, 0.25) is 0 Å². The summed E-state index contributed by atoms with van der Waals surface area (Å²) >= 11 is 0. The highest BCUT2D eigenvalue weighted by atomic mass is 19.1. The first-order valence-corrected chi connectivity index (χ1v) is 5.85. The van der Waals surface area contributed by atoms with Gasteiger partial charge in [-0.1, -0.05) is 0 Å². The molecule has 1 saturated heterocycles. The molecule has 5 nitrogen and oxygen atoms in total. The molecule has 0 saturated carbocycles. The lowest BCUT2D eigenvalue weighted by Crippen LogP contribution is -2.33. The lowest BCUT2D eigenvalue weighted by Gasteiger charge is -2.28. The fourth-order valence-electron chi connectivity index (χ4n) is 2.30. The van der Waals surface area contributed by atoms with E-state index >= 15 is 0 Å². The van der Waals surface area contributed by atoms with E-state index in [9.17, 15) is 23.7 Å². The molecule has 0 amide bonds. The van der Waals surface area contributed by atoms with E-state index < -0.39 is 28.3 Å². The van der Waals surface area contributed by atoms with E-state index in [2.05, 4.69) is 5.32 Å². The van der Waals surface area contributed by atoms with E-state index in [-0.39, 0.29) is 17.9 Å². The Morgan fingerprint density at radius 2 is 2.00 bits per heavy atom.